The molecule has 5 nitrogen and oxygen atoms in total. The molecule has 0 saturated heterocycles. The Morgan fingerprint density at radius 1 is 1.32 bits per heavy atom. The van der Waals surface area contributed by atoms with E-state index in [1.165, 1.54) is 6.92 Å². The Morgan fingerprint density at radius 2 is 2.00 bits per heavy atom. The average molecular weight is 284 g/mol. The van der Waals surface area contributed by atoms with Crippen LogP contribution in [0, 0.1) is 0 Å². The largest absolute Gasteiger partial charge is 0.377 e. The maximum Gasteiger partial charge on any atom is 0.177 e. The van der Waals surface area contributed by atoms with Gasteiger partial charge in [0.05, 0.1) is 12.3 Å². The molecule has 1 rings (SSSR count). The lowest BCUT2D eigenvalue weighted by molar-refractivity contribution is 0.268. The van der Waals surface area contributed by atoms with Crippen molar-refractivity contribution in [3.8, 4) is 0 Å². The van der Waals surface area contributed by atoms with Crippen LogP contribution in [0.3, 0.4) is 0 Å². The van der Waals surface area contributed by atoms with Crippen LogP contribution in [-0.2, 0) is 9.84 Å². The second-order valence-corrected chi connectivity index (χ2v) is 6.58. The molecular weight excluding hydrogens is 264 g/mol. The molecule has 1 aromatic carbocycles. The van der Waals surface area contributed by atoms with Crippen LogP contribution in [-0.4, -0.2) is 50.6 Å². The van der Waals surface area contributed by atoms with Crippen molar-refractivity contribution in [2.75, 3.05) is 25.4 Å². The Balaban J connectivity index is 2.14. The highest BCUT2D eigenvalue weighted by molar-refractivity contribution is 7.91. The first-order valence-electron chi connectivity index (χ1n) is 6.17. The van der Waals surface area contributed by atoms with Crippen LogP contribution in [0.15, 0.2) is 35.3 Å². The highest BCUT2D eigenvalue weighted by atomic mass is 32.2. The number of rotatable bonds is 8. The van der Waals surface area contributed by atoms with Gasteiger partial charge >= 0.3 is 0 Å². The lowest BCUT2D eigenvalue weighted by Crippen LogP contribution is -2.29. The van der Waals surface area contributed by atoms with E-state index >= 15 is 0 Å². The Kier molecular flexibility index (Phi) is 6.69. The van der Waals surface area contributed by atoms with Crippen LogP contribution >= 0.6 is 0 Å². The number of benzene rings is 1. The normalized spacial score (nSPS) is 13.8. The zero-order valence-corrected chi connectivity index (χ0v) is 11.8. The smallest absolute Gasteiger partial charge is 0.177 e. The molecule has 0 bridgehead atoms. The maximum absolute atomic E-state index is 11.3. The standard InChI is InChI=1S/C13H20N2O3S/c1-12(16)19(17,18)10-9-14-7-8-15-11-13-5-3-2-4-6-13/h2-6,11-12,14,16H,7-10H2,1H3. The molecule has 0 radical (unpaired) electrons. The summed E-state index contributed by atoms with van der Waals surface area (Å²) >= 11 is 0. The van der Waals surface area contributed by atoms with Crippen LogP contribution in [0.4, 0.5) is 0 Å². The molecular formula is C13H20N2O3S. The number of aliphatic hydroxyl groups is 1. The maximum atomic E-state index is 11.3. The van der Waals surface area contributed by atoms with E-state index in [2.05, 4.69) is 10.3 Å². The van der Waals surface area contributed by atoms with Gasteiger partial charge in [-0.1, -0.05) is 30.3 Å². The van der Waals surface area contributed by atoms with Gasteiger partial charge in [-0.05, 0) is 12.5 Å². The molecule has 2 N–H and O–H groups in total. The molecule has 0 aliphatic carbocycles. The summed E-state index contributed by atoms with van der Waals surface area (Å²) in [5.41, 5.74) is -0.260. The molecule has 0 saturated carbocycles. The molecule has 1 unspecified atom stereocenters. The van der Waals surface area contributed by atoms with Crippen molar-refractivity contribution in [1.29, 1.82) is 0 Å². The number of hydrogen-bond acceptors (Lipinski definition) is 5. The SMILES string of the molecule is CC(O)S(=O)(=O)CCNCCN=Cc1ccccc1. The molecule has 0 amide bonds. The molecule has 0 fully saturated rings. The van der Waals surface area contributed by atoms with Crippen LogP contribution in [0.2, 0.25) is 0 Å². The number of nitrogens with one attached hydrogen (secondary N) is 1. The summed E-state index contributed by atoms with van der Waals surface area (Å²) in [6.07, 6.45) is 1.79. The van der Waals surface area contributed by atoms with Gasteiger partial charge in [-0.15, -0.1) is 0 Å². The highest BCUT2D eigenvalue weighted by Gasteiger charge is 2.16. The summed E-state index contributed by atoms with van der Waals surface area (Å²) in [6, 6.07) is 9.76. The summed E-state index contributed by atoms with van der Waals surface area (Å²) in [7, 11) is -3.38. The number of sulfone groups is 1. The van der Waals surface area contributed by atoms with Gasteiger partial charge in [0.2, 0.25) is 0 Å². The molecule has 0 aromatic heterocycles. The van der Waals surface area contributed by atoms with Crippen molar-refractivity contribution in [2.24, 2.45) is 4.99 Å². The fourth-order valence-electron chi connectivity index (χ4n) is 1.36. The third-order valence-electron chi connectivity index (χ3n) is 2.54. The number of aliphatic imine (C=N–C) groups is 1. The van der Waals surface area contributed by atoms with E-state index in [9.17, 15) is 8.42 Å². The second kappa shape index (κ2) is 8.04. The summed E-state index contributed by atoms with van der Waals surface area (Å²) in [5.74, 6) is -0.0624. The molecule has 1 atom stereocenters. The van der Waals surface area contributed by atoms with Gasteiger partial charge in [-0.25, -0.2) is 8.42 Å². The Hall–Kier alpha value is -1.24. The summed E-state index contributed by atoms with van der Waals surface area (Å²) in [5, 5.41) is 12.0. The Labute approximate surface area is 114 Å². The lowest BCUT2D eigenvalue weighted by Gasteiger charge is -2.07. The predicted molar refractivity (Wildman–Crippen MR) is 77.2 cm³/mol. The van der Waals surface area contributed by atoms with Gasteiger partial charge in [0, 0.05) is 19.3 Å². The molecule has 19 heavy (non-hydrogen) atoms. The molecule has 0 aliphatic rings. The molecule has 0 heterocycles. The Morgan fingerprint density at radius 3 is 2.63 bits per heavy atom. The van der Waals surface area contributed by atoms with Crippen molar-refractivity contribution in [3.05, 3.63) is 35.9 Å². The second-order valence-electron chi connectivity index (χ2n) is 4.16. The zero-order valence-electron chi connectivity index (χ0n) is 11.0. The minimum absolute atomic E-state index is 0.0624. The first-order valence-corrected chi connectivity index (χ1v) is 7.89. The van der Waals surface area contributed by atoms with Gasteiger partial charge in [0.15, 0.2) is 15.3 Å². The fourth-order valence-corrected chi connectivity index (χ4v) is 2.13. The van der Waals surface area contributed by atoms with Crippen LogP contribution in [0.25, 0.3) is 0 Å². The molecule has 6 heteroatoms. The quantitative estimate of drug-likeness (QED) is 0.536. The molecule has 1 aromatic rings. The lowest BCUT2D eigenvalue weighted by atomic mass is 10.2. The highest BCUT2D eigenvalue weighted by Crippen LogP contribution is 1.96. The third kappa shape index (κ3) is 6.47. The van der Waals surface area contributed by atoms with Gasteiger partial charge in [0.1, 0.15) is 0 Å². The van der Waals surface area contributed by atoms with E-state index < -0.39 is 15.3 Å². The Bertz CT molecular complexity index is 484. The molecule has 0 aliphatic heterocycles. The van der Waals surface area contributed by atoms with Crippen LogP contribution in [0.5, 0.6) is 0 Å². The summed E-state index contributed by atoms with van der Waals surface area (Å²) < 4.78 is 22.6. The third-order valence-corrected chi connectivity index (χ3v) is 4.35. The van der Waals surface area contributed by atoms with Gasteiger partial charge in [0.25, 0.3) is 0 Å². The number of aliphatic hydroxyl groups excluding tert-OH is 1. The average Bonchev–Trinajstić information content (AvgIpc) is 2.38. The predicted octanol–water partition coefficient (Wildman–Crippen LogP) is 0.448. The summed E-state index contributed by atoms with van der Waals surface area (Å²) in [4.78, 5) is 4.22. The topological polar surface area (TPSA) is 78.8 Å². The van der Waals surface area contributed by atoms with E-state index in [4.69, 9.17) is 5.11 Å². The monoisotopic (exact) mass is 284 g/mol. The van der Waals surface area contributed by atoms with Crippen molar-refractivity contribution in [2.45, 2.75) is 12.4 Å². The van der Waals surface area contributed by atoms with E-state index in [0.29, 0.717) is 19.6 Å². The van der Waals surface area contributed by atoms with E-state index in [0.717, 1.165) is 5.56 Å². The van der Waals surface area contributed by atoms with Crippen molar-refractivity contribution >= 4 is 16.1 Å². The number of nitrogens with zero attached hydrogens (tertiary/aromatic N) is 1. The first-order chi connectivity index (χ1) is 9.02. The van der Waals surface area contributed by atoms with E-state index in [1.807, 2.05) is 30.3 Å². The minimum atomic E-state index is -3.38. The van der Waals surface area contributed by atoms with Gasteiger partial charge in [-0.2, -0.15) is 0 Å². The summed E-state index contributed by atoms with van der Waals surface area (Å²) in [6.45, 7) is 2.79. The van der Waals surface area contributed by atoms with Gasteiger partial charge < -0.3 is 10.4 Å². The molecule has 0 spiro atoms. The van der Waals surface area contributed by atoms with Crippen molar-refractivity contribution < 1.29 is 13.5 Å². The van der Waals surface area contributed by atoms with E-state index in [-0.39, 0.29) is 5.75 Å². The first kappa shape index (κ1) is 15.8. The minimum Gasteiger partial charge on any atom is -0.377 e. The van der Waals surface area contributed by atoms with Crippen molar-refractivity contribution in [1.82, 2.24) is 5.32 Å². The van der Waals surface area contributed by atoms with Gasteiger partial charge in [-0.3, -0.25) is 4.99 Å². The number of hydrogen-bond donors (Lipinski definition) is 2. The van der Waals surface area contributed by atoms with Crippen molar-refractivity contribution in [3.63, 3.8) is 0 Å². The zero-order chi connectivity index (χ0) is 14.1. The van der Waals surface area contributed by atoms with Crippen LogP contribution < -0.4 is 5.32 Å². The molecule has 106 valence electrons. The van der Waals surface area contributed by atoms with E-state index in [1.54, 1.807) is 6.21 Å². The van der Waals surface area contributed by atoms with Crippen LogP contribution in [0.1, 0.15) is 12.5 Å². The fraction of sp³-hybridized carbons (Fsp3) is 0.462.